The number of rotatable bonds is 12. The average Bonchev–Trinajstić information content (AvgIpc) is 2.80. The van der Waals surface area contributed by atoms with Crippen LogP contribution in [0.4, 0.5) is 22.4 Å². The van der Waals surface area contributed by atoms with E-state index in [-0.39, 0.29) is 17.7 Å². The van der Waals surface area contributed by atoms with E-state index in [2.05, 4.69) is 11.9 Å². The molecular weight excluding hydrogens is 514 g/mol. The van der Waals surface area contributed by atoms with Crippen LogP contribution in [0, 0.1) is 18.6 Å². The minimum atomic E-state index is -3.19. The SMILES string of the molecule is C=CCCCCc1cc(F)cc(C)c1-c1cc(C(F)F)c(F)c([C@H](CC(=O)OCC)NC(=O)OC(C)(C)C)c1. The first-order chi connectivity index (χ1) is 18.3. The van der Waals surface area contributed by atoms with Gasteiger partial charge in [-0.25, -0.2) is 22.4 Å². The largest absolute Gasteiger partial charge is 0.466 e. The van der Waals surface area contributed by atoms with Gasteiger partial charge in [-0.3, -0.25) is 4.79 Å². The molecule has 0 aromatic heterocycles. The number of ether oxygens (including phenoxy) is 2. The van der Waals surface area contributed by atoms with Gasteiger partial charge in [0.15, 0.2) is 0 Å². The molecule has 0 heterocycles. The highest BCUT2D eigenvalue weighted by molar-refractivity contribution is 5.76. The second-order valence-electron chi connectivity index (χ2n) is 10.3. The van der Waals surface area contributed by atoms with Crippen LogP contribution in [0.3, 0.4) is 0 Å². The zero-order valence-electron chi connectivity index (χ0n) is 23.1. The molecule has 9 heteroatoms. The first-order valence-corrected chi connectivity index (χ1v) is 12.9. The third-order valence-electron chi connectivity index (χ3n) is 5.88. The summed E-state index contributed by atoms with van der Waals surface area (Å²) in [6.07, 6.45) is -0.161. The molecule has 1 N–H and O–H groups in total. The zero-order chi connectivity index (χ0) is 29.3. The minimum Gasteiger partial charge on any atom is -0.466 e. The van der Waals surface area contributed by atoms with Gasteiger partial charge >= 0.3 is 12.1 Å². The van der Waals surface area contributed by atoms with Crippen LogP contribution in [0.1, 0.15) is 88.1 Å². The Balaban J connectivity index is 2.70. The lowest BCUT2D eigenvalue weighted by atomic mass is 9.88. The number of carbonyl (C=O) groups excluding carboxylic acids is 2. The molecule has 214 valence electrons. The lowest BCUT2D eigenvalue weighted by Crippen LogP contribution is -2.36. The van der Waals surface area contributed by atoms with Gasteiger partial charge in [-0.1, -0.05) is 6.08 Å². The fourth-order valence-electron chi connectivity index (χ4n) is 4.33. The normalized spacial score (nSPS) is 12.3. The number of hydrogen-bond acceptors (Lipinski definition) is 4. The summed E-state index contributed by atoms with van der Waals surface area (Å²) >= 11 is 0. The Bertz CT molecular complexity index is 1170. The fourth-order valence-corrected chi connectivity index (χ4v) is 4.33. The predicted molar refractivity (Wildman–Crippen MR) is 143 cm³/mol. The van der Waals surface area contributed by atoms with Crippen LogP contribution in [0.2, 0.25) is 0 Å². The van der Waals surface area contributed by atoms with Crippen molar-refractivity contribution >= 4 is 12.1 Å². The standard InChI is InChI=1S/C30H37F4NO4/c1-7-9-10-11-12-19-14-21(31)13-18(3)26(19)20-15-22(27(32)23(16-20)28(33)34)24(17-25(36)38-8-2)35-29(37)39-30(4,5)6/h7,13-16,24,28H,1,8-12,17H2,2-6H3,(H,35,37)/t24-/m0/s1. The summed E-state index contributed by atoms with van der Waals surface area (Å²) < 4.78 is 68.3. The van der Waals surface area contributed by atoms with E-state index in [1.165, 1.54) is 18.2 Å². The Morgan fingerprint density at radius 1 is 1.08 bits per heavy atom. The topological polar surface area (TPSA) is 64.6 Å². The van der Waals surface area contributed by atoms with Crippen molar-refractivity contribution in [3.63, 3.8) is 0 Å². The molecule has 0 radical (unpaired) electrons. The Morgan fingerprint density at radius 2 is 1.74 bits per heavy atom. The quantitative estimate of drug-likeness (QED) is 0.125. The number of amides is 1. The van der Waals surface area contributed by atoms with Gasteiger partial charge in [-0.15, -0.1) is 6.58 Å². The number of nitrogens with one attached hydrogen (secondary N) is 1. The van der Waals surface area contributed by atoms with Gasteiger partial charge in [-0.2, -0.15) is 0 Å². The van der Waals surface area contributed by atoms with Gasteiger partial charge in [0.2, 0.25) is 0 Å². The molecule has 2 aromatic carbocycles. The van der Waals surface area contributed by atoms with Crippen molar-refractivity contribution in [1.29, 1.82) is 0 Å². The Kier molecular flexibility index (Phi) is 11.6. The highest BCUT2D eigenvalue weighted by Gasteiger charge is 2.29. The monoisotopic (exact) mass is 551 g/mol. The van der Waals surface area contributed by atoms with Crippen LogP contribution in [0.15, 0.2) is 36.9 Å². The molecule has 0 aliphatic rings. The molecule has 0 spiro atoms. The molecule has 0 unspecified atom stereocenters. The van der Waals surface area contributed by atoms with Crippen molar-refractivity contribution in [1.82, 2.24) is 5.32 Å². The number of alkyl halides is 2. The zero-order valence-corrected chi connectivity index (χ0v) is 23.1. The molecule has 0 saturated carbocycles. The van der Waals surface area contributed by atoms with Gasteiger partial charge < -0.3 is 14.8 Å². The summed E-state index contributed by atoms with van der Waals surface area (Å²) in [4.78, 5) is 24.9. The summed E-state index contributed by atoms with van der Waals surface area (Å²) in [7, 11) is 0. The van der Waals surface area contributed by atoms with E-state index in [0.29, 0.717) is 29.5 Å². The van der Waals surface area contributed by atoms with Gasteiger partial charge in [0.25, 0.3) is 6.43 Å². The van der Waals surface area contributed by atoms with Gasteiger partial charge in [-0.05, 0) is 107 Å². The van der Waals surface area contributed by atoms with Crippen LogP contribution in [0.5, 0.6) is 0 Å². The molecular formula is C30H37F4NO4. The summed E-state index contributed by atoms with van der Waals surface area (Å²) in [6.45, 7) is 11.8. The second kappa shape index (κ2) is 14.1. The maximum Gasteiger partial charge on any atom is 0.408 e. The number of carbonyl (C=O) groups is 2. The highest BCUT2D eigenvalue weighted by Crippen LogP contribution is 2.37. The van der Waals surface area contributed by atoms with Crippen molar-refractivity contribution in [3.8, 4) is 11.1 Å². The van der Waals surface area contributed by atoms with Crippen LogP contribution in [-0.4, -0.2) is 24.3 Å². The summed E-state index contributed by atoms with van der Waals surface area (Å²) in [5.41, 5.74) is -0.363. The van der Waals surface area contributed by atoms with Crippen molar-refractivity contribution in [2.24, 2.45) is 0 Å². The Morgan fingerprint density at radius 3 is 2.33 bits per heavy atom. The van der Waals surface area contributed by atoms with Crippen molar-refractivity contribution < 1.29 is 36.6 Å². The third kappa shape index (κ3) is 9.41. The smallest absolute Gasteiger partial charge is 0.408 e. The van der Waals surface area contributed by atoms with Crippen molar-refractivity contribution in [2.75, 3.05) is 6.61 Å². The molecule has 0 fully saturated rings. The lowest BCUT2D eigenvalue weighted by Gasteiger charge is -2.25. The fraction of sp³-hybridized carbons (Fsp3) is 0.467. The maximum atomic E-state index is 15.6. The maximum absolute atomic E-state index is 15.6. The van der Waals surface area contributed by atoms with Gasteiger partial charge in [0, 0.05) is 5.56 Å². The van der Waals surface area contributed by atoms with Crippen LogP contribution >= 0.6 is 0 Å². The van der Waals surface area contributed by atoms with Crippen molar-refractivity contribution in [2.45, 2.75) is 84.8 Å². The van der Waals surface area contributed by atoms with E-state index in [1.807, 2.05) is 0 Å². The number of alkyl carbamates (subject to hydrolysis) is 1. The molecule has 1 atom stereocenters. The van der Waals surface area contributed by atoms with E-state index in [9.17, 15) is 22.8 Å². The predicted octanol–water partition coefficient (Wildman–Crippen LogP) is 8.30. The first kappa shape index (κ1) is 31.9. The van der Waals surface area contributed by atoms with Gasteiger partial charge in [0.05, 0.1) is 24.6 Å². The van der Waals surface area contributed by atoms with E-state index >= 15 is 4.39 Å². The molecule has 0 saturated heterocycles. The molecule has 5 nitrogen and oxygen atoms in total. The minimum absolute atomic E-state index is 0.0345. The van der Waals surface area contributed by atoms with E-state index in [1.54, 1.807) is 40.7 Å². The number of unbranched alkanes of at least 4 members (excludes halogenated alkanes) is 2. The molecule has 39 heavy (non-hydrogen) atoms. The number of benzene rings is 2. The highest BCUT2D eigenvalue weighted by atomic mass is 19.3. The number of halogens is 4. The Labute approximate surface area is 227 Å². The number of esters is 1. The summed E-state index contributed by atoms with van der Waals surface area (Å²) in [5, 5.41) is 2.44. The number of aryl methyl sites for hydroxylation is 2. The van der Waals surface area contributed by atoms with Crippen LogP contribution in [0.25, 0.3) is 11.1 Å². The molecule has 0 bridgehead atoms. The van der Waals surface area contributed by atoms with Gasteiger partial charge in [0.1, 0.15) is 17.2 Å². The van der Waals surface area contributed by atoms with E-state index in [4.69, 9.17) is 9.47 Å². The molecule has 2 aromatic rings. The van der Waals surface area contributed by atoms with Crippen LogP contribution in [-0.2, 0) is 20.7 Å². The van der Waals surface area contributed by atoms with Crippen molar-refractivity contribution in [3.05, 3.63) is 70.8 Å². The lowest BCUT2D eigenvalue weighted by molar-refractivity contribution is -0.143. The first-order valence-electron chi connectivity index (χ1n) is 12.9. The number of hydrogen-bond donors (Lipinski definition) is 1. The molecule has 2 rings (SSSR count). The Hall–Kier alpha value is -3.36. The van der Waals surface area contributed by atoms with E-state index in [0.717, 1.165) is 18.9 Å². The number of allylic oxidation sites excluding steroid dienone is 1. The summed E-state index contributed by atoms with van der Waals surface area (Å²) in [6, 6.07) is 3.61. The second-order valence-corrected chi connectivity index (χ2v) is 10.3. The van der Waals surface area contributed by atoms with E-state index < -0.39 is 53.7 Å². The third-order valence-corrected chi connectivity index (χ3v) is 5.88. The molecule has 1 amide bonds. The average molecular weight is 552 g/mol. The molecule has 0 aliphatic carbocycles. The molecule has 0 aliphatic heterocycles. The van der Waals surface area contributed by atoms with Crippen LogP contribution < -0.4 is 5.32 Å². The summed E-state index contributed by atoms with van der Waals surface area (Å²) in [5.74, 6) is -2.49.